The van der Waals surface area contributed by atoms with Crippen LogP contribution in [0.3, 0.4) is 0 Å². The fourth-order valence-electron chi connectivity index (χ4n) is 9.29. The highest BCUT2D eigenvalue weighted by Gasteiger charge is 2.45. The van der Waals surface area contributed by atoms with Crippen molar-refractivity contribution in [2.45, 2.75) is 70.0 Å². The standard InChI is InChI=1S/C43H46F3N9O5/c44-43(45,46)35-23-32(3-1-29(35)24-47)54-19-13-28(14-20-54)39(57)48-37-7-2-30(50-51-37)21-26-9-15-52(16-10-26)25-27-11-17-53(18-12-27)31-4-5-33-34(22-31)42(60)55(41(33)59)36-6-8-38(56)49-40(36)58/h1-5,7,22-23,26-28,36H,6,8-21,25H2,(H,48,51,57)(H,49,56,58). The highest BCUT2D eigenvalue weighted by molar-refractivity contribution is 6.23. The van der Waals surface area contributed by atoms with Gasteiger partial charge in [0.2, 0.25) is 17.7 Å². The summed E-state index contributed by atoms with van der Waals surface area (Å²) in [5, 5.41) is 22.8. The summed E-state index contributed by atoms with van der Waals surface area (Å²) in [4.78, 5) is 71.1. The van der Waals surface area contributed by atoms with Crippen LogP contribution in [-0.4, -0.2) is 101 Å². The molecule has 1 unspecified atom stereocenters. The minimum Gasteiger partial charge on any atom is -0.371 e. The molecule has 0 aliphatic carbocycles. The number of rotatable bonds is 9. The van der Waals surface area contributed by atoms with Crippen LogP contribution >= 0.6 is 0 Å². The first kappa shape index (κ1) is 40.9. The number of likely N-dealkylation sites (tertiary alicyclic amines) is 1. The van der Waals surface area contributed by atoms with Gasteiger partial charge in [-0.25, -0.2) is 0 Å². The lowest BCUT2D eigenvalue weighted by atomic mass is 9.90. The fourth-order valence-corrected chi connectivity index (χ4v) is 9.29. The molecule has 5 amide bonds. The van der Waals surface area contributed by atoms with E-state index in [2.05, 4.69) is 30.6 Å². The maximum Gasteiger partial charge on any atom is 0.417 e. The Bertz CT molecular complexity index is 2200. The molecular weight excluding hydrogens is 780 g/mol. The summed E-state index contributed by atoms with van der Waals surface area (Å²) in [5.41, 5.74) is 1.34. The predicted molar refractivity (Wildman–Crippen MR) is 213 cm³/mol. The molecule has 0 radical (unpaired) electrons. The number of carbonyl (C=O) groups is 5. The van der Waals surface area contributed by atoms with Crippen LogP contribution in [0.15, 0.2) is 48.5 Å². The third-order valence-electron chi connectivity index (χ3n) is 12.8. The van der Waals surface area contributed by atoms with Gasteiger partial charge in [-0.1, -0.05) is 0 Å². The van der Waals surface area contributed by atoms with Gasteiger partial charge in [0.25, 0.3) is 11.8 Å². The van der Waals surface area contributed by atoms with E-state index < -0.39 is 47.0 Å². The summed E-state index contributed by atoms with van der Waals surface area (Å²) in [6.45, 7) is 5.53. The minimum atomic E-state index is -4.63. The fraction of sp³-hybridized carbons (Fsp3) is 0.488. The van der Waals surface area contributed by atoms with Crippen LogP contribution in [0.5, 0.6) is 0 Å². The SMILES string of the molecule is N#Cc1ccc(N2CCC(C(=O)Nc3ccc(CC4CCN(CC5CCN(c6ccc7c(c6)C(=O)N(C6CCC(=O)NC6=O)C7=O)CC5)CC4)nn3)CC2)cc1C(F)(F)F. The number of aromatic nitrogens is 2. The van der Waals surface area contributed by atoms with Crippen LogP contribution in [0, 0.1) is 29.1 Å². The Morgan fingerprint density at radius 1 is 0.783 bits per heavy atom. The molecule has 0 saturated carbocycles. The van der Waals surface area contributed by atoms with Crippen molar-refractivity contribution in [3.63, 3.8) is 0 Å². The van der Waals surface area contributed by atoms with Crippen LogP contribution in [0.25, 0.3) is 0 Å². The van der Waals surface area contributed by atoms with E-state index in [4.69, 9.17) is 5.26 Å². The third kappa shape index (κ3) is 8.70. The van der Waals surface area contributed by atoms with Gasteiger partial charge >= 0.3 is 6.18 Å². The van der Waals surface area contributed by atoms with E-state index in [0.29, 0.717) is 54.8 Å². The van der Waals surface area contributed by atoms with Crippen molar-refractivity contribution in [2.75, 3.05) is 60.9 Å². The van der Waals surface area contributed by atoms with Crippen molar-refractivity contribution >= 4 is 46.7 Å². The van der Waals surface area contributed by atoms with Crippen molar-refractivity contribution in [3.05, 3.63) is 76.5 Å². The Labute approximate surface area is 345 Å². The summed E-state index contributed by atoms with van der Waals surface area (Å²) in [5.74, 6) is -1.13. The Morgan fingerprint density at radius 3 is 2.08 bits per heavy atom. The highest BCUT2D eigenvalue weighted by Crippen LogP contribution is 2.36. The smallest absolute Gasteiger partial charge is 0.371 e. The van der Waals surface area contributed by atoms with Crippen LogP contribution in [0.4, 0.5) is 30.4 Å². The van der Waals surface area contributed by atoms with Gasteiger partial charge in [0.15, 0.2) is 5.82 Å². The number of imide groups is 2. The Morgan fingerprint density at radius 2 is 1.43 bits per heavy atom. The van der Waals surface area contributed by atoms with E-state index in [-0.39, 0.29) is 30.2 Å². The van der Waals surface area contributed by atoms with E-state index in [9.17, 15) is 37.1 Å². The number of amides is 5. The minimum absolute atomic E-state index is 0.0807. The van der Waals surface area contributed by atoms with Crippen molar-refractivity contribution in [1.82, 2.24) is 25.3 Å². The van der Waals surface area contributed by atoms with Crippen molar-refractivity contribution in [3.8, 4) is 6.07 Å². The maximum absolute atomic E-state index is 13.5. The molecule has 5 aliphatic heterocycles. The molecule has 8 rings (SSSR count). The normalized spacial score (nSPS) is 21.2. The first-order chi connectivity index (χ1) is 28.8. The van der Waals surface area contributed by atoms with Crippen LogP contribution in [0.1, 0.15) is 88.9 Å². The number of alkyl halides is 3. The molecule has 60 heavy (non-hydrogen) atoms. The van der Waals surface area contributed by atoms with E-state index >= 15 is 0 Å². The largest absolute Gasteiger partial charge is 0.417 e. The number of anilines is 3. The zero-order valence-corrected chi connectivity index (χ0v) is 33.0. The van der Waals surface area contributed by atoms with Crippen molar-refractivity contribution < 1.29 is 37.1 Å². The number of hydrogen-bond donors (Lipinski definition) is 2. The van der Waals surface area contributed by atoms with Gasteiger partial charge in [-0.15, -0.1) is 5.10 Å². The number of halogens is 3. The van der Waals surface area contributed by atoms with Crippen LogP contribution < -0.4 is 20.4 Å². The van der Waals surface area contributed by atoms with Gasteiger partial charge in [0, 0.05) is 56.4 Å². The number of nitrogens with one attached hydrogen (secondary N) is 2. The van der Waals surface area contributed by atoms with Gasteiger partial charge in [-0.05, 0) is 125 Å². The summed E-state index contributed by atoms with van der Waals surface area (Å²) in [6.07, 6.45) is 1.43. The molecule has 14 nitrogen and oxygen atoms in total. The second kappa shape index (κ2) is 17.0. The van der Waals surface area contributed by atoms with Crippen LogP contribution in [-0.2, 0) is 27.0 Å². The van der Waals surface area contributed by atoms with E-state index in [1.807, 2.05) is 12.1 Å². The number of nitriles is 1. The molecule has 1 aromatic heterocycles. The quantitative estimate of drug-likeness (QED) is 0.284. The molecule has 0 spiro atoms. The summed E-state index contributed by atoms with van der Waals surface area (Å²) < 4.78 is 40.4. The van der Waals surface area contributed by atoms with Gasteiger partial charge in [-0.3, -0.25) is 34.2 Å². The third-order valence-corrected chi connectivity index (χ3v) is 12.8. The average molecular weight is 826 g/mol. The number of hydrogen-bond acceptors (Lipinski definition) is 11. The molecule has 3 aromatic rings. The number of benzene rings is 2. The number of nitrogens with zero attached hydrogens (tertiary/aromatic N) is 7. The molecule has 17 heteroatoms. The Hall–Kier alpha value is -5.89. The predicted octanol–water partition coefficient (Wildman–Crippen LogP) is 4.79. The van der Waals surface area contributed by atoms with Gasteiger partial charge in [0.05, 0.1) is 34.0 Å². The van der Waals surface area contributed by atoms with Crippen molar-refractivity contribution in [1.29, 1.82) is 5.26 Å². The van der Waals surface area contributed by atoms with Gasteiger partial charge < -0.3 is 20.0 Å². The van der Waals surface area contributed by atoms with Crippen molar-refractivity contribution in [2.24, 2.45) is 17.8 Å². The average Bonchev–Trinajstić information content (AvgIpc) is 3.49. The number of fused-ring (bicyclic) bond motifs is 1. The lowest BCUT2D eigenvalue weighted by Gasteiger charge is -2.38. The van der Waals surface area contributed by atoms with Crippen LogP contribution in [0.2, 0.25) is 0 Å². The first-order valence-electron chi connectivity index (χ1n) is 20.7. The van der Waals surface area contributed by atoms with E-state index in [0.717, 1.165) is 87.2 Å². The topological polar surface area (TPSA) is 172 Å². The van der Waals surface area contributed by atoms with E-state index in [1.54, 1.807) is 29.2 Å². The molecule has 0 bridgehead atoms. The molecule has 314 valence electrons. The van der Waals surface area contributed by atoms with E-state index in [1.165, 1.54) is 12.1 Å². The Balaban J connectivity index is 0.745. The highest BCUT2D eigenvalue weighted by atomic mass is 19.4. The second-order valence-electron chi connectivity index (χ2n) is 16.6. The monoisotopic (exact) mass is 825 g/mol. The number of carbonyl (C=O) groups excluding carboxylic acids is 5. The summed E-state index contributed by atoms with van der Waals surface area (Å²) in [7, 11) is 0. The zero-order chi connectivity index (χ0) is 42.1. The molecule has 5 aliphatic rings. The maximum atomic E-state index is 13.5. The first-order valence-corrected chi connectivity index (χ1v) is 20.7. The zero-order valence-electron chi connectivity index (χ0n) is 33.0. The van der Waals surface area contributed by atoms with Gasteiger partial charge in [0.1, 0.15) is 6.04 Å². The molecule has 2 aromatic carbocycles. The molecule has 4 fully saturated rings. The Kier molecular flexibility index (Phi) is 11.6. The molecule has 2 N–H and O–H groups in total. The summed E-state index contributed by atoms with van der Waals surface area (Å²) >= 11 is 0. The lowest BCUT2D eigenvalue weighted by Crippen LogP contribution is -2.54. The number of piperidine rings is 4. The molecular formula is C43H46F3N9O5. The second-order valence-corrected chi connectivity index (χ2v) is 16.6. The molecule has 1 atom stereocenters. The molecule has 6 heterocycles. The van der Waals surface area contributed by atoms with Gasteiger partial charge in [-0.2, -0.15) is 23.5 Å². The molecule has 4 saturated heterocycles. The summed E-state index contributed by atoms with van der Waals surface area (Å²) in [6, 6.07) is 13.3. The lowest BCUT2D eigenvalue weighted by molar-refractivity contribution is -0.138.